The van der Waals surface area contributed by atoms with Crippen molar-refractivity contribution in [2.75, 3.05) is 25.4 Å². The van der Waals surface area contributed by atoms with E-state index in [9.17, 15) is 14.4 Å². The summed E-state index contributed by atoms with van der Waals surface area (Å²) in [7, 11) is 0. The first-order valence-corrected chi connectivity index (χ1v) is 11.1. The molecule has 2 aliphatic rings. The molecule has 0 spiro atoms. The number of nitrogens with two attached hydrogens (primary N) is 1. The molecule has 2 aromatic rings. The molecule has 0 radical (unpaired) electrons. The fraction of sp³-hybridized carbons (Fsp3) is 0.409. The highest BCUT2D eigenvalue weighted by Crippen LogP contribution is 2.36. The molecule has 3 N–H and O–H groups in total. The molecular weight excluding hydrogens is 432 g/mol. The number of urea groups is 1. The number of hydrogen-bond donors (Lipinski definition) is 2. The van der Waals surface area contributed by atoms with Gasteiger partial charge >= 0.3 is 6.03 Å². The van der Waals surface area contributed by atoms with Gasteiger partial charge in [-0.15, -0.1) is 0 Å². The third-order valence-electron chi connectivity index (χ3n) is 5.84. The summed E-state index contributed by atoms with van der Waals surface area (Å²) in [5.74, 6) is -0.239. The van der Waals surface area contributed by atoms with E-state index in [2.05, 4.69) is 15.3 Å². The normalized spacial score (nSPS) is 19.1. The molecule has 0 bridgehead atoms. The smallest absolute Gasteiger partial charge is 0.324 e. The number of imide groups is 1. The summed E-state index contributed by atoms with van der Waals surface area (Å²) in [6, 6.07) is 6.64. The van der Waals surface area contributed by atoms with Gasteiger partial charge in [0.2, 0.25) is 17.8 Å². The largest absolute Gasteiger partial charge is 0.368 e. The maximum atomic E-state index is 13.2. The van der Waals surface area contributed by atoms with Gasteiger partial charge in [0, 0.05) is 49.3 Å². The Hall–Kier alpha value is -3.20. The predicted octanol–water partition coefficient (Wildman–Crippen LogP) is 2.76. The number of nitrogens with zero attached hydrogens (tertiary/aromatic N) is 4. The number of nitrogen functional groups attached to an aromatic ring is 1. The Morgan fingerprint density at radius 1 is 1.22 bits per heavy atom. The fourth-order valence-electron chi connectivity index (χ4n) is 4.23. The van der Waals surface area contributed by atoms with E-state index in [0.717, 1.165) is 35.3 Å². The minimum Gasteiger partial charge on any atom is -0.368 e. The van der Waals surface area contributed by atoms with Crippen molar-refractivity contribution in [3.8, 4) is 11.1 Å². The van der Waals surface area contributed by atoms with Crippen LogP contribution >= 0.6 is 11.6 Å². The number of nitrogens with one attached hydrogen (secondary N) is 1. The quantitative estimate of drug-likeness (QED) is 0.713. The molecule has 4 amide bonds. The number of benzene rings is 1. The Kier molecular flexibility index (Phi) is 6.55. The first-order chi connectivity index (χ1) is 15.4. The molecule has 1 atom stereocenters. The van der Waals surface area contributed by atoms with Crippen LogP contribution in [0, 0.1) is 0 Å². The lowest BCUT2D eigenvalue weighted by Crippen LogP contribution is -2.51. The van der Waals surface area contributed by atoms with E-state index in [1.807, 2.05) is 12.1 Å². The number of carbonyl (C=O) groups is 3. The second-order valence-corrected chi connectivity index (χ2v) is 8.35. The van der Waals surface area contributed by atoms with E-state index in [1.54, 1.807) is 23.2 Å². The van der Waals surface area contributed by atoms with Gasteiger partial charge in [0.1, 0.15) is 0 Å². The van der Waals surface area contributed by atoms with Gasteiger partial charge in [0.05, 0.1) is 11.7 Å². The van der Waals surface area contributed by atoms with Crippen LogP contribution in [0.1, 0.15) is 43.8 Å². The Bertz CT molecular complexity index is 1010. The topological polar surface area (TPSA) is 122 Å². The highest BCUT2D eigenvalue weighted by atomic mass is 35.5. The number of piperidine rings is 1. The maximum absolute atomic E-state index is 13.2. The number of aromatic nitrogens is 2. The van der Waals surface area contributed by atoms with E-state index in [4.69, 9.17) is 17.3 Å². The molecular formula is C22H25ClN6O3. The summed E-state index contributed by atoms with van der Waals surface area (Å²) < 4.78 is 0. The van der Waals surface area contributed by atoms with E-state index < -0.39 is 6.03 Å². The highest BCUT2D eigenvalue weighted by Gasteiger charge is 2.33. The Morgan fingerprint density at radius 3 is 2.75 bits per heavy atom. The molecule has 4 rings (SSSR count). The average Bonchev–Trinajstić information content (AvgIpc) is 2.79. The molecule has 3 heterocycles. The third kappa shape index (κ3) is 4.67. The van der Waals surface area contributed by atoms with Crippen molar-refractivity contribution in [3.05, 3.63) is 41.2 Å². The summed E-state index contributed by atoms with van der Waals surface area (Å²) in [5.41, 5.74) is 8.29. The van der Waals surface area contributed by atoms with Crippen LogP contribution < -0.4 is 11.1 Å². The number of hydrogen-bond acceptors (Lipinski definition) is 6. The van der Waals surface area contributed by atoms with Gasteiger partial charge in [0.15, 0.2) is 0 Å². The van der Waals surface area contributed by atoms with Crippen molar-refractivity contribution in [1.29, 1.82) is 0 Å². The van der Waals surface area contributed by atoms with Gasteiger partial charge < -0.3 is 16.0 Å². The average molecular weight is 457 g/mol. The van der Waals surface area contributed by atoms with Crippen molar-refractivity contribution in [2.24, 2.45) is 0 Å². The molecule has 0 saturated carbocycles. The summed E-state index contributed by atoms with van der Waals surface area (Å²) in [6.45, 7) is 0.967. The molecule has 2 aliphatic heterocycles. The number of rotatable bonds is 5. The van der Waals surface area contributed by atoms with E-state index >= 15 is 0 Å². The van der Waals surface area contributed by atoms with Crippen LogP contribution in [-0.4, -0.2) is 57.2 Å². The highest BCUT2D eigenvalue weighted by molar-refractivity contribution is 6.30. The van der Waals surface area contributed by atoms with Crippen LogP contribution in [0.3, 0.4) is 0 Å². The SMILES string of the molecule is Nc1ncc(-c2ccc(Cl)cc2)c([C@@H]2CCCCN2C(=O)CCN2C(=O)CCNC2=O)n1. The minimum atomic E-state index is -0.446. The van der Waals surface area contributed by atoms with Crippen molar-refractivity contribution in [2.45, 2.75) is 38.1 Å². The van der Waals surface area contributed by atoms with Crippen LogP contribution in [0.25, 0.3) is 11.1 Å². The fourth-order valence-corrected chi connectivity index (χ4v) is 4.35. The van der Waals surface area contributed by atoms with Crippen molar-refractivity contribution < 1.29 is 14.4 Å². The van der Waals surface area contributed by atoms with Gasteiger partial charge in [-0.3, -0.25) is 14.5 Å². The van der Waals surface area contributed by atoms with Crippen LogP contribution in [0.4, 0.5) is 10.7 Å². The number of anilines is 1. The minimum absolute atomic E-state index is 0.0582. The maximum Gasteiger partial charge on any atom is 0.324 e. The zero-order chi connectivity index (χ0) is 22.7. The Labute approximate surface area is 190 Å². The van der Waals surface area contributed by atoms with Gasteiger partial charge in [-0.2, -0.15) is 0 Å². The third-order valence-corrected chi connectivity index (χ3v) is 6.09. The number of amides is 4. The monoisotopic (exact) mass is 456 g/mol. The van der Waals surface area contributed by atoms with Crippen molar-refractivity contribution >= 4 is 35.4 Å². The summed E-state index contributed by atoms with van der Waals surface area (Å²) in [6.07, 6.45) is 4.55. The van der Waals surface area contributed by atoms with E-state index in [1.165, 1.54) is 0 Å². The van der Waals surface area contributed by atoms with Gasteiger partial charge in [-0.1, -0.05) is 23.7 Å². The molecule has 0 aliphatic carbocycles. The first-order valence-electron chi connectivity index (χ1n) is 10.7. The second-order valence-electron chi connectivity index (χ2n) is 7.91. The zero-order valence-corrected chi connectivity index (χ0v) is 18.3. The standard InChI is InChI=1S/C22H25ClN6O3/c23-15-6-4-14(5-7-15)16-13-26-21(24)27-20(16)17-3-1-2-11-28(17)19(31)9-12-29-18(30)8-10-25-22(29)32/h4-7,13,17H,1-3,8-12H2,(H,25,32)(H2,24,26,27)/t17-/m0/s1. The Morgan fingerprint density at radius 2 is 2.00 bits per heavy atom. The molecule has 1 aromatic heterocycles. The lowest BCUT2D eigenvalue weighted by Gasteiger charge is -2.37. The summed E-state index contributed by atoms with van der Waals surface area (Å²) in [5, 5.41) is 3.26. The van der Waals surface area contributed by atoms with Crippen molar-refractivity contribution in [1.82, 2.24) is 25.1 Å². The molecule has 0 unspecified atom stereocenters. The van der Waals surface area contributed by atoms with E-state index in [0.29, 0.717) is 23.8 Å². The summed E-state index contributed by atoms with van der Waals surface area (Å²) >= 11 is 6.04. The Balaban J connectivity index is 1.58. The molecule has 9 nitrogen and oxygen atoms in total. The van der Waals surface area contributed by atoms with Gasteiger partial charge in [-0.25, -0.2) is 14.8 Å². The first kappa shape index (κ1) is 22.0. The van der Waals surface area contributed by atoms with E-state index in [-0.39, 0.29) is 43.2 Å². The molecule has 10 heteroatoms. The molecule has 32 heavy (non-hydrogen) atoms. The molecule has 2 fully saturated rings. The summed E-state index contributed by atoms with van der Waals surface area (Å²) in [4.78, 5) is 48.8. The number of carbonyl (C=O) groups excluding carboxylic acids is 3. The zero-order valence-electron chi connectivity index (χ0n) is 17.6. The number of likely N-dealkylation sites (tertiary alicyclic amines) is 1. The van der Waals surface area contributed by atoms with Crippen LogP contribution in [0.2, 0.25) is 5.02 Å². The molecule has 1 aromatic carbocycles. The second kappa shape index (κ2) is 9.52. The van der Waals surface area contributed by atoms with Crippen LogP contribution in [0.15, 0.2) is 30.5 Å². The van der Waals surface area contributed by atoms with Gasteiger partial charge in [0.25, 0.3) is 0 Å². The number of halogens is 1. The van der Waals surface area contributed by atoms with Crippen molar-refractivity contribution in [3.63, 3.8) is 0 Å². The lowest BCUT2D eigenvalue weighted by molar-refractivity contribution is -0.136. The lowest BCUT2D eigenvalue weighted by atomic mass is 9.93. The molecule has 2 saturated heterocycles. The van der Waals surface area contributed by atoms with Crippen LogP contribution in [0.5, 0.6) is 0 Å². The predicted molar refractivity (Wildman–Crippen MR) is 120 cm³/mol. The van der Waals surface area contributed by atoms with Gasteiger partial charge in [-0.05, 0) is 37.0 Å². The van der Waals surface area contributed by atoms with Crippen LogP contribution in [-0.2, 0) is 9.59 Å². The molecule has 168 valence electrons.